The van der Waals surface area contributed by atoms with Gasteiger partial charge in [-0.15, -0.1) is 0 Å². The van der Waals surface area contributed by atoms with E-state index >= 15 is 0 Å². The molecule has 1 aliphatic heterocycles. The number of nitrogens with one attached hydrogen (secondary N) is 1. The van der Waals surface area contributed by atoms with Crippen molar-refractivity contribution in [2.24, 2.45) is 11.7 Å². The first-order valence-corrected chi connectivity index (χ1v) is 6.90. The van der Waals surface area contributed by atoms with Crippen LogP contribution in [0.15, 0.2) is 0 Å². The molecule has 2 aliphatic rings. The Morgan fingerprint density at radius 1 is 1.24 bits per heavy atom. The van der Waals surface area contributed by atoms with Gasteiger partial charge in [0.1, 0.15) is 0 Å². The second kappa shape index (κ2) is 6.36. The summed E-state index contributed by atoms with van der Waals surface area (Å²) in [6.45, 7) is 1.98. The molecule has 2 rings (SSSR count). The van der Waals surface area contributed by atoms with Crippen LogP contribution in [0.25, 0.3) is 0 Å². The molecule has 0 aromatic heterocycles. The minimum absolute atomic E-state index is 0.117. The van der Waals surface area contributed by atoms with Gasteiger partial charge in [-0.25, -0.2) is 0 Å². The van der Waals surface area contributed by atoms with Gasteiger partial charge in [0, 0.05) is 18.6 Å². The third kappa shape index (κ3) is 3.96. The third-order valence-electron chi connectivity index (χ3n) is 4.05. The van der Waals surface area contributed by atoms with E-state index in [2.05, 4.69) is 5.32 Å². The summed E-state index contributed by atoms with van der Waals surface area (Å²) in [5, 5.41) is 3.58. The van der Waals surface area contributed by atoms with Crippen molar-refractivity contribution >= 4 is 5.91 Å². The Balaban J connectivity index is 1.56. The molecule has 98 valence electrons. The summed E-state index contributed by atoms with van der Waals surface area (Å²) >= 11 is 0. The predicted octanol–water partition coefficient (Wildman–Crippen LogP) is 1.19. The van der Waals surface area contributed by atoms with Crippen molar-refractivity contribution in [3.05, 3.63) is 0 Å². The first-order valence-electron chi connectivity index (χ1n) is 6.90. The highest BCUT2D eigenvalue weighted by Crippen LogP contribution is 2.24. The van der Waals surface area contributed by atoms with Crippen molar-refractivity contribution < 1.29 is 9.53 Å². The maximum Gasteiger partial charge on any atom is 0.220 e. The number of nitrogens with two attached hydrogens (primary N) is 1. The van der Waals surface area contributed by atoms with Crippen LogP contribution >= 0.6 is 0 Å². The number of hydrogen-bond acceptors (Lipinski definition) is 3. The molecule has 0 radical (unpaired) electrons. The van der Waals surface area contributed by atoms with Gasteiger partial charge in [-0.3, -0.25) is 4.79 Å². The van der Waals surface area contributed by atoms with Crippen molar-refractivity contribution in [1.29, 1.82) is 0 Å². The average Bonchev–Trinajstić information content (AvgIpc) is 2.83. The third-order valence-corrected chi connectivity index (χ3v) is 4.05. The summed E-state index contributed by atoms with van der Waals surface area (Å²) in [5.41, 5.74) is 5.32. The molecule has 1 saturated heterocycles. The molecule has 2 fully saturated rings. The van der Waals surface area contributed by atoms with Crippen molar-refractivity contribution in [2.75, 3.05) is 13.2 Å². The number of primary amides is 1. The molecular weight excluding hydrogens is 216 g/mol. The van der Waals surface area contributed by atoms with E-state index in [0.29, 0.717) is 12.1 Å². The van der Waals surface area contributed by atoms with Crippen molar-refractivity contribution in [1.82, 2.24) is 5.32 Å². The van der Waals surface area contributed by atoms with Crippen LogP contribution in [0.4, 0.5) is 0 Å². The predicted molar refractivity (Wildman–Crippen MR) is 66.5 cm³/mol. The molecule has 0 aromatic rings. The second-order valence-corrected chi connectivity index (χ2v) is 5.33. The van der Waals surface area contributed by atoms with Gasteiger partial charge in [-0.05, 0) is 51.5 Å². The van der Waals surface area contributed by atoms with E-state index in [1.54, 1.807) is 0 Å². The monoisotopic (exact) mass is 240 g/mol. The Hall–Kier alpha value is -0.610. The first kappa shape index (κ1) is 12.8. The first-order chi connectivity index (χ1) is 8.25. The second-order valence-electron chi connectivity index (χ2n) is 5.33. The van der Waals surface area contributed by atoms with E-state index in [9.17, 15) is 4.79 Å². The molecule has 4 heteroatoms. The van der Waals surface area contributed by atoms with E-state index < -0.39 is 0 Å². The fraction of sp³-hybridized carbons (Fsp3) is 0.923. The van der Waals surface area contributed by atoms with Crippen LogP contribution in [-0.4, -0.2) is 31.2 Å². The topological polar surface area (TPSA) is 64.4 Å². The summed E-state index contributed by atoms with van der Waals surface area (Å²) in [7, 11) is 0. The van der Waals surface area contributed by atoms with Gasteiger partial charge >= 0.3 is 0 Å². The normalized spacial score (nSPS) is 33.8. The number of amides is 1. The number of carbonyl (C=O) groups is 1. The molecule has 1 atom stereocenters. The van der Waals surface area contributed by atoms with Gasteiger partial charge in [-0.2, -0.15) is 0 Å². The molecule has 0 spiro atoms. The quantitative estimate of drug-likeness (QED) is 0.758. The summed E-state index contributed by atoms with van der Waals surface area (Å²) in [4.78, 5) is 11.0. The van der Waals surface area contributed by atoms with Gasteiger partial charge in [0.05, 0.1) is 6.10 Å². The molecular formula is C13H24N2O2. The highest BCUT2D eigenvalue weighted by Gasteiger charge is 2.24. The summed E-state index contributed by atoms with van der Waals surface area (Å²) in [6, 6.07) is 0.576. The molecule has 1 saturated carbocycles. The fourth-order valence-electron chi connectivity index (χ4n) is 2.90. The molecule has 1 unspecified atom stereocenters. The highest BCUT2D eigenvalue weighted by molar-refractivity contribution is 5.76. The highest BCUT2D eigenvalue weighted by atomic mass is 16.5. The average molecular weight is 240 g/mol. The van der Waals surface area contributed by atoms with Crippen LogP contribution in [0.5, 0.6) is 0 Å². The maximum absolute atomic E-state index is 11.0. The lowest BCUT2D eigenvalue weighted by Gasteiger charge is -2.27. The standard InChI is InChI=1S/C13H24N2O2/c14-13(16)10-3-5-11(6-4-10)15-8-7-12-2-1-9-17-12/h10-12,15H,1-9H2,(H2,14,16). The van der Waals surface area contributed by atoms with E-state index in [-0.39, 0.29) is 11.8 Å². The van der Waals surface area contributed by atoms with Crippen LogP contribution in [0, 0.1) is 5.92 Å². The smallest absolute Gasteiger partial charge is 0.220 e. The van der Waals surface area contributed by atoms with E-state index in [4.69, 9.17) is 10.5 Å². The van der Waals surface area contributed by atoms with Gasteiger partial charge in [0.2, 0.25) is 5.91 Å². The van der Waals surface area contributed by atoms with E-state index in [1.807, 2.05) is 0 Å². The molecule has 4 nitrogen and oxygen atoms in total. The molecule has 0 bridgehead atoms. The minimum atomic E-state index is -0.122. The Morgan fingerprint density at radius 2 is 2.00 bits per heavy atom. The maximum atomic E-state index is 11.0. The van der Waals surface area contributed by atoms with Gasteiger partial charge < -0.3 is 15.8 Å². The Kier molecular flexibility index (Phi) is 4.80. The molecule has 0 aromatic carbocycles. The summed E-state index contributed by atoms with van der Waals surface area (Å²) in [6.07, 6.45) is 8.10. The Morgan fingerprint density at radius 3 is 2.59 bits per heavy atom. The van der Waals surface area contributed by atoms with Crippen molar-refractivity contribution in [3.63, 3.8) is 0 Å². The number of hydrogen-bond donors (Lipinski definition) is 2. The molecule has 1 aliphatic carbocycles. The SMILES string of the molecule is NC(=O)C1CCC(NCCC2CCCO2)CC1. The van der Waals surface area contributed by atoms with Crippen LogP contribution in [-0.2, 0) is 9.53 Å². The molecule has 1 heterocycles. The number of rotatable bonds is 5. The van der Waals surface area contributed by atoms with Crippen LogP contribution in [0.3, 0.4) is 0 Å². The zero-order valence-corrected chi connectivity index (χ0v) is 10.5. The Bertz CT molecular complexity index is 244. The zero-order valence-electron chi connectivity index (χ0n) is 10.5. The summed E-state index contributed by atoms with van der Waals surface area (Å²) in [5.74, 6) is -0.00554. The minimum Gasteiger partial charge on any atom is -0.378 e. The lowest BCUT2D eigenvalue weighted by molar-refractivity contribution is -0.122. The van der Waals surface area contributed by atoms with Crippen molar-refractivity contribution in [3.8, 4) is 0 Å². The molecule has 3 N–H and O–H groups in total. The van der Waals surface area contributed by atoms with Crippen molar-refractivity contribution in [2.45, 2.75) is 57.1 Å². The zero-order chi connectivity index (χ0) is 12.1. The number of carbonyl (C=O) groups excluding carboxylic acids is 1. The fourth-order valence-corrected chi connectivity index (χ4v) is 2.90. The lowest BCUT2D eigenvalue weighted by atomic mass is 9.85. The van der Waals surface area contributed by atoms with Crippen LogP contribution in [0.2, 0.25) is 0 Å². The lowest BCUT2D eigenvalue weighted by Crippen LogP contribution is -2.37. The van der Waals surface area contributed by atoms with E-state index in [1.165, 1.54) is 12.8 Å². The largest absolute Gasteiger partial charge is 0.378 e. The van der Waals surface area contributed by atoms with Gasteiger partial charge in [0.25, 0.3) is 0 Å². The number of ether oxygens (including phenoxy) is 1. The summed E-state index contributed by atoms with van der Waals surface area (Å²) < 4.78 is 5.59. The van der Waals surface area contributed by atoms with Crippen LogP contribution in [0.1, 0.15) is 44.9 Å². The van der Waals surface area contributed by atoms with Gasteiger partial charge in [-0.1, -0.05) is 0 Å². The van der Waals surface area contributed by atoms with E-state index in [0.717, 1.165) is 45.3 Å². The molecule has 1 amide bonds. The Labute approximate surface area is 103 Å². The molecule has 17 heavy (non-hydrogen) atoms. The van der Waals surface area contributed by atoms with Crippen LogP contribution < -0.4 is 11.1 Å². The van der Waals surface area contributed by atoms with Gasteiger partial charge in [0.15, 0.2) is 0 Å².